The number of nitrogen functional groups attached to an aromatic ring is 1. The van der Waals surface area contributed by atoms with Crippen molar-refractivity contribution in [1.82, 2.24) is 4.98 Å². The second kappa shape index (κ2) is 4.32. The number of rotatable bonds is 2. The van der Waals surface area contributed by atoms with E-state index in [4.69, 9.17) is 15.7 Å². The average Bonchev–Trinajstić information content (AvgIpc) is 2.33. The first-order valence-corrected chi connectivity index (χ1v) is 4.67. The largest absolute Gasteiger partial charge is 0.455 e. The SMILES string of the molecule is N#Cc1ccc(Oc2ccncc2N)cc1. The molecule has 2 rings (SSSR count). The molecule has 0 aliphatic heterocycles. The highest BCUT2D eigenvalue weighted by Gasteiger charge is 2.01. The zero-order chi connectivity index (χ0) is 11.4. The summed E-state index contributed by atoms with van der Waals surface area (Å²) >= 11 is 0. The number of anilines is 1. The molecule has 0 atom stereocenters. The minimum absolute atomic E-state index is 0.479. The number of benzene rings is 1. The molecule has 0 fully saturated rings. The lowest BCUT2D eigenvalue weighted by Crippen LogP contribution is -1.92. The molecule has 0 spiro atoms. The first-order chi connectivity index (χ1) is 7.79. The fourth-order valence-corrected chi connectivity index (χ4v) is 1.21. The summed E-state index contributed by atoms with van der Waals surface area (Å²) in [4.78, 5) is 3.87. The highest BCUT2D eigenvalue weighted by atomic mass is 16.5. The summed E-state index contributed by atoms with van der Waals surface area (Å²) in [6.07, 6.45) is 3.13. The fraction of sp³-hybridized carbons (Fsp3) is 0. The van der Waals surface area contributed by atoms with Crippen LogP contribution in [0.25, 0.3) is 0 Å². The lowest BCUT2D eigenvalue weighted by Gasteiger charge is -2.07. The standard InChI is InChI=1S/C12H9N3O/c13-7-9-1-3-10(4-2-9)16-12-5-6-15-8-11(12)14/h1-6,8H,14H2. The van der Waals surface area contributed by atoms with E-state index in [2.05, 4.69) is 4.98 Å². The lowest BCUT2D eigenvalue weighted by molar-refractivity contribution is 0.484. The maximum absolute atomic E-state index is 8.64. The maximum Gasteiger partial charge on any atom is 0.153 e. The molecule has 0 saturated heterocycles. The molecule has 2 aromatic rings. The van der Waals surface area contributed by atoms with Crippen LogP contribution in [-0.2, 0) is 0 Å². The third-order valence-corrected chi connectivity index (χ3v) is 2.02. The molecule has 1 aromatic heterocycles. The van der Waals surface area contributed by atoms with Crippen molar-refractivity contribution in [3.05, 3.63) is 48.3 Å². The van der Waals surface area contributed by atoms with Crippen molar-refractivity contribution in [2.75, 3.05) is 5.73 Å². The predicted molar refractivity (Wildman–Crippen MR) is 59.9 cm³/mol. The highest BCUT2D eigenvalue weighted by molar-refractivity contribution is 5.51. The maximum atomic E-state index is 8.64. The summed E-state index contributed by atoms with van der Waals surface area (Å²) < 4.78 is 5.53. The molecule has 0 bridgehead atoms. The van der Waals surface area contributed by atoms with Gasteiger partial charge < -0.3 is 10.5 Å². The van der Waals surface area contributed by atoms with Crippen LogP contribution in [0.2, 0.25) is 0 Å². The van der Waals surface area contributed by atoms with E-state index in [0.29, 0.717) is 22.7 Å². The summed E-state index contributed by atoms with van der Waals surface area (Å²) in [5.41, 5.74) is 6.76. The summed E-state index contributed by atoms with van der Waals surface area (Å²) in [6.45, 7) is 0. The van der Waals surface area contributed by atoms with E-state index in [9.17, 15) is 0 Å². The topological polar surface area (TPSA) is 71.9 Å². The molecular formula is C12H9N3O. The highest BCUT2D eigenvalue weighted by Crippen LogP contribution is 2.25. The number of nitriles is 1. The van der Waals surface area contributed by atoms with Gasteiger partial charge in [0.25, 0.3) is 0 Å². The minimum Gasteiger partial charge on any atom is -0.455 e. The molecule has 2 N–H and O–H groups in total. The van der Waals surface area contributed by atoms with Gasteiger partial charge in [0.15, 0.2) is 5.75 Å². The Bertz CT molecular complexity index is 529. The Hall–Kier alpha value is -2.54. The third-order valence-electron chi connectivity index (χ3n) is 2.02. The Kier molecular flexibility index (Phi) is 2.70. The quantitative estimate of drug-likeness (QED) is 0.827. The first kappa shape index (κ1) is 9.99. The van der Waals surface area contributed by atoms with Crippen LogP contribution in [0.15, 0.2) is 42.7 Å². The zero-order valence-corrected chi connectivity index (χ0v) is 8.42. The number of hydrogen-bond acceptors (Lipinski definition) is 4. The van der Waals surface area contributed by atoms with E-state index in [-0.39, 0.29) is 0 Å². The fourth-order valence-electron chi connectivity index (χ4n) is 1.21. The van der Waals surface area contributed by atoms with Crippen LogP contribution in [0.4, 0.5) is 5.69 Å². The van der Waals surface area contributed by atoms with Gasteiger partial charge in [-0.15, -0.1) is 0 Å². The Balaban J connectivity index is 2.22. The van der Waals surface area contributed by atoms with Crippen LogP contribution in [-0.4, -0.2) is 4.98 Å². The third kappa shape index (κ3) is 2.10. The first-order valence-electron chi connectivity index (χ1n) is 4.67. The van der Waals surface area contributed by atoms with Crippen molar-refractivity contribution < 1.29 is 4.74 Å². The van der Waals surface area contributed by atoms with Gasteiger partial charge in [0, 0.05) is 12.3 Å². The molecule has 0 radical (unpaired) electrons. The van der Waals surface area contributed by atoms with Crippen LogP contribution in [0, 0.1) is 11.3 Å². The molecule has 0 saturated carbocycles. The van der Waals surface area contributed by atoms with Crippen LogP contribution >= 0.6 is 0 Å². The number of hydrogen-bond donors (Lipinski definition) is 1. The van der Waals surface area contributed by atoms with E-state index >= 15 is 0 Å². The predicted octanol–water partition coefficient (Wildman–Crippen LogP) is 2.33. The minimum atomic E-state index is 0.479. The molecule has 0 aliphatic carbocycles. The van der Waals surface area contributed by atoms with Crippen molar-refractivity contribution in [1.29, 1.82) is 5.26 Å². The number of aromatic nitrogens is 1. The van der Waals surface area contributed by atoms with Gasteiger partial charge in [-0.2, -0.15) is 5.26 Å². The molecule has 78 valence electrons. The second-order valence-electron chi connectivity index (χ2n) is 3.15. The van der Waals surface area contributed by atoms with Gasteiger partial charge >= 0.3 is 0 Å². The smallest absolute Gasteiger partial charge is 0.153 e. The van der Waals surface area contributed by atoms with Crippen molar-refractivity contribution in [2.45, 2.75) is 0 Å². The van der Waals surface area contributed by atoms with Gasteiger partial charge in [-0.25, -0.2) is 0 Å². The van der Waals surface area contributed by atoms with Crippen molar-refractivity contribution in [3.8, 4) is 17.6 Å². The molecule has 16 heavy (non-hydrogen) atoms. The molecule has 0 amide bonds. The molecule has 4 heteroatoms. The molecule has 1 heterocycles. The summed E-state index contributed by atoms with van der Waals surface area (Å²) in [7, 11) is 0. The van der Waals surface area contributed by atoms with E-state index < -0.39 is 0 Å². The summed E-state index contributed by atoms with van der Waals surface area (Å²) in [5.74, 6) is 1.19. The lowest BCUT2D eigenvalue weighted by atomic mass is 10.2. The number of ether oxygens (including phenoxy) is 1. The zero-order valence-electron chi connectivity index (χ0n) is 8.42. The normalized spacial score (nSPS) is 9.44. The Morgan fingerprint density at radius 3 is 2.56 bits per heavy atom. The Morgan fingerprint density at radius 2 is 1.94 bits per heavy atom. The summed E-state index contributed by atoms with van der Waals surface area (Å²) in [5, 5.41) is 8.64. The van der Waals surface area contributed by atoms with E-state index in [1.54, 1.807) is 36.5 Å². The van der Waals surface area contributed by atoms with E-state index in [1.807, 2.05) is 6.07 Å². The molecule has 0 unspecified atom stereocenters. The van der Waals surface area contributed by atoms with E-state index in [0.717, 1.165) is 0 Å². The van der Waals surface area contributed by atoms with E-state index in [1.165, 1.54) is 6.20 Å². The van der Waals surface area contributed by atoms with Crippen molar-refractivity contribution in [2.24, 2.45) is 0 Å². The van der Waals surface area contributed by atoms with Crippen LogP contribution < -0.4 is 10.5 Å². The van der Waals surface area contributed by atoms with Gasteiger partial charge in [-0.3, -0.25) is 4.98 Å². The number of nitrogens with two attached hydrogens (primary N) is 1. The van der Waals surface area contributed by atoms with Gasteiger partial charge in [0.1, 0.15) is 5.75 Å². The second-order valence-corrected chi connectivity index (χ2v) is 3.15. The van der Waals surface area contributed by atoms with Crippen LogP contribution in [0.3, 0.4) is 0 Å². The van der Waals surface area contributed by atoms with Crippen LogP contribution in [0.5, 0.6) is 11.5 Å². The van der Waals surface area contributed by atoms with Gasteiger partial charge in [-0.1, -0.05) is 0 Å². The van der Waals surface area contributed by atoms with Gasteiger partial charge in [0.2, 0.25) is 0 Å². The molecular weight excluding hydrogens is 202 g/mol. The van der Waals surface area contributed by atoms with Crippen molar-refractivity contribution in [3.63, 3.8) is 0 Å². The number of pyridine rings is 1. The van der Waals surface area contributed by atoms with Crippen molar-refractivity contribution >= 4 is 5.69 Å². The molecule has 1 aromatic carbocycles. The van der Waals surface area contributed by atoms with Crippen LogP contribution in [0.1, 0.15) is 5.56 Å². The van der Waals surface area contributed by atoms with Gasteiger partial charge in [-0.05, 0) is 24.3 Å². The monoisotopic (exact) mass is 211 g/mol. The molecule has 0 aliphatic rings. The average molecular weight is 211 g/mol. The van der Waals surface area contributed by atoms with Gasteiger partial charge in [0.05, 0.1) is 23.5 Å². The Labute approximate surface area is 92.9 Å². The Morgan fingerprint density at radius 1 is 1.19 bits per heavy atom. The molecule has 4 nitrogen and oxygen atoms in total. The number of nitrogens with zero attached hydrogens (tertiary/aromatic N) is 2. The summed E-state index contributed by atoms with van der Waals surface area (Å²) in [6, 6.07) is 10.5.